The van der Waals surface area contributed by atoms with Crippen molar-refractivity contribution in [3.63, 3.8) is 0 Å². The number of benzene rings is 3. The molecule has 1 heterocycles. The fourth-order valence-corrected chi connectivity index (χ4v) is 3.51. The standard InChI is InChI=1S/C27H26N2O4/c1-17(2)22-13-8-18(3)14-24(22)32-16-26(30)28-20-9-11-21(12-10-20)29-27(31)25-15-19-6-4-5-7-23(19)33-25/h4-15,17H,16H2,1-3H3,(H,28,30)(H,29,31). The number of hydrogen-bond donors (Lipinski definition) is 2. The minimum absolute atomic E-state index is 0.0896. The van der Waals surface area contributed by atoms with Gasteiger partial charge in [0.25, 0.3) is 11.8 Å². The summed E-state index contributed by atoms with van der Waals surface area (Å²) in [5.74, 6) is 0.665. The molecule has 0 spiro atoms. The van der Waals surface area contributed by atoms with Gasteiger partial charge in [-0.15, -0.1) is 0 Å². The van der Waals surface area contributed by atoms with Gasteiger partial charge in [0.1, 0.15) is 11.3 Å². The Morgan fingerprint density at radius 3 is 2.30 bits per heavy atom. The SMILES string of the molecule is Cc1ccc(C(C)C)c(OCC(=O)Nc2ccc(NC(=O)c3cc4ccccc4o3)cc2)c1. The Kier molecular flexibility index (Phi) is 6.45. The van der Waals surface area contributed by atoms with E-state index in [9.17, 15) is 9.59 Å². The molecule has 6 heteroatoms. The van der Waals surface area contributed by atoms with Crippen molar-refractivity contribution in [1.82, 2.24) is 0 Å². The molecule has 0 aliphatic carbocycles. The summed E-state index contributed by atoms with van der Waals surface area (Å²) >= 11 is 0. The number of furan rings is 1. The van der Waals surface area contributed by atoms with Crippen LogP contribution in [0.4, 0.5) is 11.4 Å². The monoisotopic (exact) mass is 442 g/mol. The fourth-order valence-electron chi connectivity index (χ4n) is 3.51. The van der Waals surface area contributed by atoms with Crippen molar-refractivity contribution >= 4 is 34.2 Å². The predicted octanol–water partition coefficient (Wildman–Crippen LogP) is 6.13. The second kappa shape index (κ2) is 9.61. The third kappa shape index (κ3) is 5.41. The third-order valence-electron chi connectivity index (χ3n) is 5.23. The van der Waals surface area contributed by atoms with E-state index >= 15 is 0 Å². The first kappa shape index (κ1) is 22.1. The predicted molar refractivity (Wildman–Crippen MR) is 130 cm³/mol. The maximum Gasteiger partial charge on any atom is 0.291 e. The van der Waals surface area contributed by atoms with E-state index in [0.29, 0.717) is 22.9 Å². The highest BCUT2D eigenvalue weighted by Crippen LogP contribution is 2.27. The summed E-state index contributed by atoms with van der Waals surface area (Å²) in [4.78, 5) is 24.8. The summed E-state index contributed by atoms with van der Waals surface area (Å²) in [6, 6.07) is 22.1. The summed E-state index contributed by atoms with van der Waals surface area (Å²) in [5.41, 5.74) is 4.01. The van der Waals surface area contributed by atoms with Crippen molar-refractivity contribution in [3.05, 3.63) is 89.7 Å². The molecule has 1 aromatic heterocycles. The van der Waals surface area contributed by atoms with Gasteiger partial charge in [0, 0.05) is 16.8 Å². The van der Waals surface area contributed by atoms with E-state index in [1.54, 1.807) is 30.3 Å². The van der Waals surface area contributed by atoms with Crippen LogP contribution in [-0.4, -0.2) is 18.4 Å². The highest BCUT2D eigenvalue weighted by Gasteiger charge is 2.13. The Hall–Kier alpha value is -4.06. The minimum Gasteiger partial charge on any atom is -0.483 e. The van der Waals surface area contributed by atoms with Crippen molar-refractivity contribution in [1.29, 1.82) is 0 Å². The molecule has 0 aliphatic rings. The van der Waals surface area contributed by atoms with Crippen LogP contribution >= 0.6 is 0 Å². The summed E-state index contributed by atoms with van der Waals surface area (Å²) < 4.78 is 11.4. The molecule has 33 heavy (non-hydrogen) atoms. The molecule has 2 amide bonds. The average Bonchev–Trinajstić information content (AvgIpc) is 3.23. The summed E-state index contributed by atoms with van der Waals surface area (Å²) in [6.07, 6.45) is 0. The number of anilines is 2. The first-order chi connectivity index (χ1) is 15.9. The van der Waals surface area contributed by atoms with Gasteiger partial charge in [-0.2, -0.15) is 0 Å². The van der Waals surface area contributed by atoms with E-state index in [2.05, 4.69) is 24.5 Å². The molecule has 2 N–H and O–H groups in total. The molecular formula is C27H26N2O4. The van der Waals surface area contributed by atoms with E-state index in [1.165, 1.54) is 0 Å². The highest BCUT2D eigenvalue weighted by molar-refractivity contribution is 6.04. The van der Waals surface area contributed by atoms with Crippen molar-refractivity contribution in [3.8, 4) is 5.75 Å². The topological polar surface area (TPSA) is 80.6 Å². The smallest absolute Gasteiger partial charge is 0.291 e. The lowest BCUT2D eigenvalue weighted by Crippen LogP contribution is -2.20. The summed E-state index contributed by atoms with van der Waals surface area (Å²) in [6.45, 7) is 6.08. The van der Waals surface area contributed by atoms with Gasteiger partial charge in [0.05, 0.1) is 0 Å². The molecular weight excluding hydrogens is 416 g/mol. The lowest BCUT2D eigenvalue weighted by molar-refractivity contribution is -0.118. The first-order valence-electron chi connectivity index (χ1n) is 10.8. The molecule has 0 atom stereocenters. The van der Waals surface area contributed by atoms with Crippen LogP contribution in [0.1, 0.15) is 41.4 Å². The Morgan fingerprint density at radius 1 is 0.909 bits per heavy atom. The zero-order chi connectivity index (χ0) is 23.4. The Morgan fingerprint density at radius 2 is 1.61 bits per heavy atom. The van der Waals surface area contributed by atoms with Crippen LogP contribution in [0.2, 0.25) is 0 Å². The van der Waals surface area contributed by atoms with Gasteiger partial charge in [-0.1, -0.05) is 44.2 Å². The molecule has 0 unspecified atom stereocenters. The maximum absolute atomic E-state index is 12.5. The first-order valence-corrected chi connectivity index (χ1v) is 10.8. The molecule has 0 aliphatic heterocycles. The molecule has 168 valence electrons. The van der Waals surface area contributed by atoms with Crippen LogP contribution in [0.5, 0.6) is 5.75 Å². The molecule has 0 saturated carbocycles. The van der Waals surface area contributed by atoms with Crippen LogP contribution in [0.25, 0.3) is 11.0 Å². The summed E-state index contributed by atoms with van der Waals surface area (Å²) in [7, 11) is 0. The molecule has 0 radical (unpaired) electrons. The molecule has 4 aromatic rings. The van der Waals surface area contributed by atoms with Crippen molar-refractivity contribution < 1.29 is 18.7 Å². The minimum atomic E-state index is -0.338. The van der Waals surface area contributed by atoms with Gasteiger partial charge in [-0.05, 0) is 66.4 Å². The number of amides is 2. The van der Waals surface area contributed by atoms with E-state index in [1.807, 2.05) is 49.4 Å². The lowest BCUT2D eigenvalue weighted by atomic mass is 10.0. The molecule has 4 rings (SSSR count). The van der Waals surface area contributed by atoms with Gasteiger partial charge in [-0.3, -0.25) is 9.59 Å². The normalized spacial score (nSPS) is 10.9. The molecule has 0 saturated heterocycles. The summed E-state index contributed by atoms with van der Waals surface area (Å²) in [5, 5.41) is 6.48. The van der Waals surface area contributed by atoms with E-state index in [0.717, 1.165) is 22.3 Å². The number of fused-ring (bicyclic) bond motifs is 1. The third-order valence-corrected chi connectivity index (χ3v) is 5.23. The second-order valence-corrected chi connectivity index (χ2v) is 8.21. The number of para-hydroxylation sites is 1. The van der Waals surface area contributed by atoms with Crippen molar-refractivity contribution in [2.75, 3.05) is 17.2 Å². The fraction of sp³-hybridized carbons (Fsp3) is 0.185. The van der Waals surface area contributed by atoms with Gasteiger partial charge in [0.15, 0.2) is 12.4 Å². The van der Waals surface area contributed by atoms with E-state index < -0.39 is 0 Å². The highest BCUT2D eigenvalue weighted by atomic mass is 16.5. The zero-order valence-electron chi connectivity index (χ0n) is 18.8. The molecule has 6 nitrogen and oxygen atoms in total. The van der Waals surface area contributed by atoms with Crippen LogP contribution in [0, 0.1) is 6.92 Å². The van der Waals surface area contributed by atoms with Crippen LogP contribution in [0.3, 0.4) is 0 Å². The van der Waals surface area contributed by atoms with Crippen molar-refractivity contribution in [2.24, 2.45) is 0 Å². The molecule has 0 fully saturated rings. The van der Waals surface area contributed by atoms with Crippen LogP contribution < -0.4 is 15.4 Å². The molecule has 0 bridgehead atoms. The second-order valence-electron chi connectivity index (χ2n) is 8.21. The number of hydrogen-bond acceptors (Lipinski definition) is 4. The number of aryl methyl sites for hydroxylation is 1. The number of carbonyl (C=O) groups excluding carboxylic acids is 2. The Bertz CT molecular complexity index is 1260. The van der Waals surface area contributed by atoms with E-state index in [-0.39, 0.29) is 24.2 Å². The maximum atomic E-state index is 12.5. The van der Waals surface area contributed by atoms with Gasteiger partial charge < -0.3 is 19.8 Å². The Balaban J connectivity index is 1.33. The zero-order valence-corrected chi connectivity index (χ0v) is 18.8. The van der Waals surface area contributed by atoms with Gasteiger partial charge >= 0.3 is 0 Å². The molecule has 3 aromatic carbocycles. The van der Waals surface area contributed by atoms with E-state index in [4.69, 9.17) is 9.15 Å². The average molecular weight is 443 g/mol. The largest absolute Gasteiger partial charge is 0.483 e. The quantitative estimate of drug-likeness (QED) is 0.361. The van der Waals surface area contributed by atoms with Crippen molar-refractivity contribution in [2.45, 2.75) is 26.7 Å². The number of carbonyl (C=O) groups is 2. The van der Waals surface area contributed by atoms with Gasteiger partial charge in [-0.25, -0.2) is 0 Å². The lowest BCUT2D eigenvalue weighted by Gasteiger charge is -2.15. The number of rotatable bonds is 7. The van der Waals surface area contributed by atoms with Crippen LogP contribution in [-0.2, 0) is 4.79 Å². The van der Waals surface area contributed by atoms with Crippen LogP contribution in [0.15, 0.2) is 77.2 Å². The van der Waals surface area contributed by atoms with Gasteiger partial charge in [0.2, 0.25) is 0 Å². The Labute approximate surface area is 192 Å². The number of ether oxygens (including phenoxy) is 1. The number of nitrogens with one attached hydrogen (secondary N) is 2.